The summed E-state index contributed by atoms with van der Waals surface area (Å²) in [6.45, 7) is -0.289. The molecule has 0 unspecified atom stereocenters. The molecule has 0 saturated carbocycles. The molecule has 5 nitrogen and oxygen atoms in total. The van der Waals surface area contributed by atoms with Crippen LogP contribution in [0.2, 0.25) is 0 Å². The lowest BCUT2D eigenvalue weighted by Gasteiger charge is -2.09. The van der Waals surface area contributed by atoms with Crippen molar-refractivity contribution in [3.8, 4) is 5.88 Å². The quantitative estimate of drug-likeness (QED) is 0.813. The van der Waals surface area contributed by atoms with E-state index in [9.17, 15) is 13.2 Å². The molecule has 0 atom stereocenters. The summed E-state index contributed by atoms with van der Waals surface area (Å²) in [6, 6.07) is 0. The maximum atomic E-state index is 12.3. The zero-order valence-electron chi connectivity index (χ0n) is 9.91. The van der Waals surface area contributed by atoms with Crippen LogP contribution in [0, 0.1) is 0 Å². The van der Waals surface area contributed by atoms with E-state index in [4.69, 9.17) is 16.3 Å². The lowest BCUT2D eigenvalue weighted by Crippen LogP contribution is -2.14. The molecule has 19 heavy (non-hydrogen) atoms. The van der Waals surface area contributed by atoms with Crippen LogP contribution in [0.4, 0.5) is 13.2 Å². The van der Waals surface area contributed by atoms with Crippen LogP contribution in [0.1, 0.15) is 12.2 Å². The molecule has 0 aliphatic rings. The molecule has 0 N–H and O–H groups in total. The van der Waals surface area contributed by atoms with Crippen molar-refractivity contribution in [2.24, 2.45) is 0 Å². The zero-order chi connectivity index (χ0) is 14.0. The molecule has 0 fully saturated rings. The highest BCUT2D eigenvalue weighted by molar-refractivity contribution is 6.16. The van der Waals surface area contributed by atoms with E-state index in [0.29, 0.717) is 11.3 Å². The van der Waals surface area contributed by atoms with Gasteiger partial charge in [-0.05, 0) is 0 Å². The van der Waals surface area contributed by atoms with Gasteiger partial charge in [-0.3, -0.25) is 0 Å². The Balaban J connectivity index is 2.46. The molecular weight excluding hydrogens is 285 g/mol. The van der Waals surface area contributed by atoms with Gasteiger partial charge in [0.15, 0.2) is 11.2 Å². The number of hydrogen-bond acceptors (Lipinski definition) is 4. The van der Waals surface area contributed by atoms with E-state index in [1.165, 1.54) is 18.0 Å². The first-order valence-electron chi connectivity index (χ1n) is 5.33. The van der Waals surface area contributed by atoms with Gasteiger partial charge in [-0.2, -0.15) is 18.2 Å². The Bertz CT molecular complexity index is 584. The monoisotopic (exact) mass is 294 g/mol. The molecule has 9 heteroatoms. The molecule has 0 amide bonds. The van der Waals surface area contributed by atoms with Crippen molar-refractivity contribution in [2.75, 3.05) is 7.11 Å². The second-order valence-corrected chi connectivity index (χ2v) is 4.00. The maximum Gasteiger partial charge on any atom is 0.390 e. The number of methoxy groups -OCH3 is 1. The smallest absolute Gasteiger partial charge is 0.390 e. The minimum Gasteiger partial charge on any atom is -0.479 e. The minimum atomic E-state index is -4.25. The molecule has 0 aliphatic carbocycles. The normalized spacial score (nSPS) is 12.1. The third-order valence-electron chi connectivity index (χ3n) is 2.51. The second kappa shape index (κ2) is 5.20. The fourth-order valence-corrected chi connectivity index (χ4v) is 1.89. The summed E-state index contributed by atoms with van der Waals surface area (Å²) >= 11 is 5.70. The highest BCUT2D eigenvalue weighted by atomic mass is 35.5. The van der Waals surface area contributed by atoms with Gasteiger partial charge in [-0.25, -0.2) is 9.97 Å². The van der Waals surface area contributed by atoms with Crippen LogP contribution in [0.15, 0.2) is 6.33 Å². The molecule has 2 aromatic heterocycles. The summed E-state index contributed by atoms with van der Waals surface area (Å²) in [4.78, 5) is 11.9. The lowest BCUT2D eigenvalue weighted by atomic mass is 10.4. The van der Waals surface area contributed by atoms with E-state index in [0.717, 1.165) is 0 Å². The first-order chi connectivity index (χ1) is 8.96. The van der Waals surface area contributed by atoms with Gasteiger partial charge in [-0.1, -0.05) is 0 Å². The molecule has 2 aromatic rings. The molecule has 2 heterocycles. The summed E-state index contributed by atoms with van der Waals surface area (Å²) < 4.78 is 43.2. The van der Waals surface area contributed by atoms with Crippen molar-refractivity contribution in [3.05, 3.63) is 12.2 Å². The Hall–Kier alpha value is -1.57. The zero-order valence-corrected chi connectivity index (χ0v) is 10.7. The predicted octanol–water partition coefficient (Wildman–Crippen LogP) is 2.53. The van der Waals surface area contributed by atoms with Gasteiger partial charge in [-0.15, -0.1) is 11.6 Å². The van der Waals surface area contributed by atoms with Crippen molar-refractivity contribution in [2.45, 2.75) is 25.0 Å². The van der Waals surface area contributed by atoms with Gasteiger partial charge in [0.1, 0.15) is 12.2 Å². The van der Waals surface area contributed by atoms with Crippen LogP contribution in [-0.2, 0) is 12.4 Å². The number of rotatable bonds is 4. The summed E-state index contributed by atoms with van der Waals surface area (Å²) in [5, 5.41) is 0. The summed E-state index contributed by atoms with van der Waals surface area (Å²) in [7, 11) is 1.40. The third-order valence-corrected chi connectivity index (χ3v) is 2.75. The highest BCUT2D eigenvalue weighted by Gasteiger charge is 2.28. The molecule has 104 valence electrons. The van der Waals surface area contributed by atoms with Crippen LogP contribution in [0.25, 0.3) is 11.2 Å². The largest absolute Gasteiger partial charge is 0.479 e. The van der Waals surface area contributed by atoms with E-state index >= 15 is 0 Å². The van der Waals surface area contributed by atoms with Crippen molar-refractivity contribution in [1.29, 1.82) is 0 Å². The molecule has 0 bridgehead atoms. The fraction of sp³-hybridized carbons (Fsp3) is 0.500. The number of alkyl halides is 4. The van der Waals surface area contributed by atoms with Crippen molar-refractivity contribution in [3.63, 3.8) is 0 Å². The van der Waals surface area contributed by atoms with E-state index in [2.05, 4.69) is 15.0 Å². The highest BCUT2D eigenvalue weighted by Crippen LogP contribution is 2.26. The first kappa shape index (κ1) is 13.9. The maximum absolute atomic E-state index is 12.3. The number of nitrogens with zero attached hydrogens (tertiary/aromatic N) is 4. The van der Waals surface area contributed by atoms with Crippen molar-refractivity contribution >= 4 is 22.8 Å². The molecular formula is C10H10ClF3N4O. The Morgan fingerprint density at radius 2 is 2.11 bits per heavy atom. The van der Waals surface area contributed by atoms with Crippen LogP contribution in [0.5, 0.6) is 5.88 Å². The van der Waals surface area contributed by atoms with E-state index < -0.39 is 12.6 Å². The van der Waals surface area contributed by atoms with Crippen LogP contribution >= 0.6 is 11.6 Å². The predicted molar refractivity (Wildman–Crippen MR) is 62.1 cm³/mol. The molecule has 0 aliphatic heterocycles. The van der Waals surface area contributed by atoms with Gasteiger partial charge >= 0.3 is 6.18 Å². The van der Waals surface area contributed by atoms with Gasteiger partial charge in [0.2, 0.25) is 5.88 Å². The van der Waals surface area contributed by atoms with Crippen LogP contribution in [-0.4, -0.2) is 32.8 Å². The molecule has 0 aromatic carbocycles. The van der Waals surface area contributed by atoms with Gasteiger partial charge < -0.3 is 9.30 Å². The van der Waals surface area contributed by atoms with Crippen molar-refractivity contribution in [1.82, 2.24) is 19.5 Å². The topological polar surface area (TPSA) is 52.8 Å². The van der Waals surface area contributed by atoms with E-state index in [1.54, 1.807) is 0 Å². The average molecular weight is 295 g/mol. The van der Waals surface area contributed by atoms with Gasteiger partial charge in [0.05, 0.1) is 19.4 Å². The third kappa shape index (κ3) is 2.89. The number of aromatic nitrogens is 4. The van der Waals surface area contributed by atoms with Gasteiger partial charge in [0, 0.05) is 6.54 Å². The Labute approximate surface area is 111 Å². The number of ether oxygens (including phenoxy) is 1. The number of aryl methyl sites for hydroxylation is 1. The Morgan fingerprint density at radius 1 is 1.37 bits per heavy atom. The summed E-state index contributed by atoms with van der Waals surface area (Å²) in [5.74, 6) is 0.499. The summed E-state index contributed by atoms with van der Waals surface area (Å²) in [6.07, 6.45) is -4.02. The number of fused-ring (bicyclic) bond motifs is 1. The molecule has 2 rings (SSSR count). The Morgan fingerprint density at radius 3 is 2.68 bits per heavy atom. The average Bonchev–Trinajstić information content (AvgIpc) is 2.73. The molecule has 0 spiro atoms. The number of halogens is 4. The fourth-order valence-electron chi connectivity index (χ4n) is 1.69. The lowest BCUT2D eigenvalue weighted by molar-refractivity contribution is -0.136. The van der Waals surface area contributed by atoms with Crippen LogP contribution in [0.3, 0.4) is 0 Å². The number of hydrogen-bond donors (Lipinski definition) is 0. The minimum absolute atomic E-state index is 0.0165. The first-order valence-corrected chi connectivity index (χ1v) is 5.86. The van der Waals surface area contributed by atoms with Gasteiger partial charge in [0.25, 0.3) is 0 Å². The second-order valence-electron chi connectivity index (χ2n) is 3.73. The van der Waals surface area contributed by atoms with Crippen molar-refractivity contribution < 1.29 is 17.9 Å². The molecule has 0 radical (unpaired) electrons. The van der Waals surface area contributed by atoms with E-state index in [-0.39, 0.29) is 24.0 Å². The van der Waals surface area contributed by atoms with E-state index in [1.807, 2.05) is 0 Å². The SMILES string of the molecule is COc1ncnc2c1nc(CCl)n2CCC(F)(F)F. The Kier molecular flexibility index (Phi) is 3.79. The standard InChI is InChI=1S/C10H10ClF3N4O/c1-19-9-7-8(15-5-16-9)18(6(4-11)17-7)3-2-10(12,13)14/h5H,2-4H2,1H3. The van der Waals surface area contributed by atoms with Crippen LogP contribution < -0.4 is 4.74 Å². The molecule has 0 saturated heterocycles. The number of imidazole rings is 1. The summed E-state index contributed by atoms with van der Waals surface area (Å²) in [5.41, 5.74) is 0.592.